The molecule has 1 nitrogen and oxygen atoms in total. The van der Waals surface area contributed by atoms with Gasteiger partial charge in [0.15, 0.2) is 0 Å². The van der Waals surface area contributed by atoms with Gasteiger partial charge < -0.3 is 5.32 Å². The molecule has 1 rings (SSSR count). The van der Waals surface area contributed by atoms with Crippen molar-refractivity contribution in [1.82, 2.24) is 5.32 Å². The van der Waals surface area contributed by atoms with E-state index in [1.54, 1.807) is 0 Å². The average Bonchev–Trinajstić information content (AvgIpc) is 2.21. The van der Waals surface area contributed by atoms with Crippen molar-refractivity contribution in [3.05, 3.63) is 35.4 Å². The third kappa shape index (κ3) is 2.71. The van der Waals surface area contributed by atoms with E-state index in [-0.39, 0.29) is 6.04 Å². The van der Waals surface area contributed by atoms with Gasteiger partial charge in [-0.3, -0.25) is 0 Å². The third-order valence-electron chi connectivity index (χ3n) is 2.29. The fourth-order valence-corrected chi connectivity index (χ4v) is 1.65. The van der Waals surface area contributed by atoms with Crippen molar-refractivity contribution < 1.29 is 0 Å². The summed E-state index contributed by atoms with van der Waals surface area (Å²) in [6.45, 7) is 2.16. The second kappa shape index (κ2) is 5.25. The second-order valence-electron chi connectivity index (χ2n) is 3.09. The minimum atomic E-state index is 0.271. The van der Waals surface area contributed by atoms with E-state index in [2.05, 4.69) is 36.5 Å². The molecule has 1 unspecified atom stereocenters. The van der Waals surface area contributed by atoms with E-state index >= 15 is 0 Å². The van der Waals surface area contributed by atoms with Gasteiger partial charge in [-0.25, -0.2) is 0 Å². The molecule has 0 aliphatic carbocycles. The fraction of sp³-hybridized carbons (Fsp3) is 0.455. The highest BCUT2D eigenvalue weighted by Gasteiger charge is 2.05. The number of rotatable bonds is 4. The van der Waals surface area contributed by atoms with E-state index in [4.69, 9.17) is 11.6 Å². The monoisotopic (exact) mass is 197 g/mol. The highest BCUT2D eigenvalue weighted by Crippen LogP contribution is 2.14. The predicted octanol–water partition coefficient (Wildman–Crippen LogP) is 2.75. The largest absolute Gasteiger partial charge is 0.312 e. The fourth-order valence-electron chi connectivity index (χ4n) is 1.32. The molecule has 0 bridgehead atoms. The molecule has 0 radical (unpaired) electrons. The van der Waals surface area contributed by atoms with Crippen molar-refractivity contribution in [2.75, 3.05) is 12.9 Å². The maximum atomic E-state index is 5.81. The molecule has 0 aliphatic heterocycles. The van der Waals surface area contributed by atoms with Gasteiger partial charge in [0.2, 0.25) is 0 Å². The molecule has 0 aromatic heterocycles. The topological polar surface area (TPSA) is 12.0 Å². The summed E-state index contributed by atoms with van der Waals surface area (Å²) in [6, 6.07) is 8.87. The summed E-state index contributed by atoms with van der Waals surface area (Å²) in [7, 11) is 1.93. The molecule has 13 heavy (non-hydrogen) atoms. The molecule has 2 heteroatoms. The van der Waals surface area contributed by atoms with Crippen LogP contribution in [-0.4, -0.2) is 12.9 Å². The van der Waals surface area contributed by atoms with Crippen LogP contribution in [-0.2, 0) is 6.42 Å². The van der Waals surface area contributed by atoms with Crippen LogP contribution in [0.4, 0.5) is 0 Å². The van der Waals surface area contributed by atoms with Gasteiger partial charge in [0, 0.05) is 11.9 Å². The van der Waals surface area contributed by atoms with Crippen LogP contribution in [0, 0.1) is 0 Å². The molecule has 0 spiro atoms. The molecule has 1 N–H and O–H groups in total. The quantitative estimate of drug-likeness (QED) is 0.732. The van der Waals surface area contributed by atoms with Gasteiger partial charge in [-0.15, -0.1) is 11.6 Å². The maximum absolute atomic E-state index is 5.81. The summed E-state index contributed by atoms with van der Waals surface area (Å²) in [4.78, 5) is 0. The van der Waals surface area contributed by atoms with Crippen molar-refractivity contribution in [2.45, 2.75) is 19.4 Å². The predicted molar refractivity (Wildman–Crippen MR) is 58.3 cm³/mol. The summed E-state index contributed by atoms with van der Waals surface area (Å²) in [6.07, 6.45) is 1.09. The van der Waals surface area contributed by atoms with Crippen LogP contribution in [0.1, 0.15) is 24.1 Å². The Morgan fingerprint density at radius 1 is 1.31 bits per heavy atom. The van der Waals surface area contributed by atoms with Crippen LogP contribution < -0.4 is 5.32 Å². The molecule has 0 heterocycles. The number of alkyl halides is 1. The number of aryl methyl sites for hydroxylation is 1. The molecule has 72 valence electrons. The molecule has 0 aliphatic rings. The Labute approximate surface area is 85.1 Å². The normalized spacial score (nSPS) is 12.8. The lowest BCUT2D eigenvalue weighted by molar-refractivity contribution is 0.658. The third-order valence-corrected chi connectivity index (χ3v) is 2.60. The first kappa shape index (κ1) is 10.6. The van der Waals surface area contributed by atoms with Gasteiger partial charge >= 0.3 is 0 Å². The highest BCUT2D eigenvalue weighted by atomic mass is 35.5. The van der Waals surface area contributed by atoms with Gasteiger partial charge in [-0.1, -0.05) is 31.2 Å². The Hall–Kier alpha value is -0.530. The van der Waals surface area contributed by atoms with Crippen molar-refractivity contribution in [3.63, 3.8) is 0 Å². The first-order chi connectivity index (χ1) is 6.31. The molecule has 1 atom stereocenters. The van der Waals surface area contributed by atoms with Crippen LogP contribution in [0.2, 0.25) is 0 Å². The van der Waals surface area contributed by atoms with Crippen molar-refractivity contribution >= 4 is 11.6 Å². The lowest BCUT2D eigenvalue weighted by Crippen LogP contribution is -2.17. The van der Waals surface area contributed by atoms with Gasteiger partial charge in [-0.05, 0) is 24.6 Å². The zero-order chi connectivity index (χ0) is 9.68. The van der Waals surface area contributed by atoms with E-state index in [1.165, 1.54) is 11.1 Å². The number of nitrogens with one attached hydrogen (secondary N) is 1. The van der Waals surface area contributed by atoms with E-state index < -0.39 is 0 Å². The van der Waals surface area contributed by atoms with E-state index in [9.17, 15) is 0 Å². The molecule has 0 saturated heterocycles. The molecule has 1 aromatic rings. The summed E-state index contributed by atoms with van der Waals surface area (Å²) in [5, 5.41) is 3.17. The minimum Gasteiger partial charge on any atom is -0.312 e. The van der Waals surface area contributed by atoms with Crippen LogP contribution in [0.25, 0.3) is 0 Å². The van der Waals surface area contributed by atoms with Crippen LogP contribution in [0.15, 0.2) is 24.3 Å². The first-order valence-electron chi connectivity index (χ1n) is 4.63. The Bertz CT molecular complexity index is 239. The zero-order valence-electron chi connectivity index (χ0n) is 8.18. The second-order valence-corrected chi connectivity index (χ2v) is 3.40. The molecule has 1 aromatic carbocycles. The van der Waals surface area contributed by atoms with Gasteiger partial charge in [0.1, 0.15) is 0 Å². The number of hydrogen-bond acceptors (Lipinski definition) is 1. The first-order valence-corrected chi connectivity index (χ1v) is 5.17. The summed E-state index contributed by atoms with van der Waals surface area (Å²) >= 11 is 5.81. The Morgan fingerprint density at radius 3 is 2.31 bits per heavy atom. The van der Waals surface area contributed by atoms with E-state index in [0.29, 0.717) is 5.88 Å². The minimum absolute atomic E-state index is 0.271. The van der Waals surface area contributed by atoms with Crippen LogP contribution in [0.3, 0.4) is 0 Å². The molecular weight excluding hydrogens is 182 g/mol. The molecule has 0 amide bonds. The van der Waals surface area contributed by atoms with Crippen LogP contribution >= 0.6 is 11.6 Å². The van der Waals surface area contributed by atoms with Crippen molar-refractivity contribution in [1.29, 1.82) is 0 Å². The molecular formula is C11H16ClN. The van der Waals surface area contributed by atoms with E-state index in [1.807, 2.05) is 7.05 Å². The zero-order valence-corrected chi connectivity index (χ0v) is 8.93. The average molecular weight is 198 g/mol. The molecule has 0 saturated carbocycles. The number of hydrogen-bond donors (Lipinski definition) is 1. The number of halogens is 1. The Balaban J connectivity index is 2.78. The lowest BCUT2D eigenvalue weighted by Gasteiger charge is -2.13. The molecule has 0 fully saturated rings. The van der Waals surface area contributed by atoms with Crippen LogP contribution in [0.5, 0.6) is 0 Å². The Morgan fingerprint density at radius 2 is 1.92 bits per heavy atom. The standard InChI is InChI=1S/C11H16ClN/c1-3-9-4-6-10(7-5-9)11(8-12)13-2/h4-7,11,13H,3,8H2,1-2H3. The smallest absolute Gasteiger partial charge is 0.0455 e. The highest BCUT2D eigenvalue weighted by molar-refractivity contribution is 6.18. The Kier molecular flexibility index (Phi) is 4.26. The lowest BCUT2D eigenvalue weighted by atomic mass is 10.1. The maximum Gasteiger partial charge on any atom is 0.0455 e. The summed E-state index contributed by atoms with van der Waals surface area (Å²) in [5.41, 5.74) is 2.63. The van der Waals surface area contributed by atoms with Gasteiger partial charge in [0.05, 0.1) is 0 Å². The van der Waals surface area contributed by atoms with Crippen molar-refractivity contribution in [2.24, 2.45) is 0 Å². The SMILES string of the molecule is CCc1ccc(C(CCl)NC)cc1. The summed E-state index contributed by atoms with van der Waals surface area (Å²) < 4.78 is 0. The van der Waals surface area contributed by atoms with Gasteiger partial charge in [0.25, 0.3) is 0 Å². The van der Waals surface area contributed by atoms with E-state index in [0.717, 1.165) is 6.42 Å². The summed E-state index contributed by atoms with van der Waals surface area (Å²) in [5.74, 6) is 0.613. The number of benzene rings is 1. The van der Waals surface area contributed by atoms with Gasteiger partial charge in [-0.2, -0.15) is 0 Å². The van der Waals surface area contributed by atoms with Crippen molar-refractivity contribution in [3.8, 4) is 0 Å².